The Morgan fingerprint density at radius 1 is 1.28 bits per heavy atom. The maximum Gasteiger partial charge on any atom is 0.0436 e. The molecule has 0 aromatic rings. The summed E-state index contributed by atoms with van der Waals surface area (Å²) in [7, 11) is 0. The van der Waals surface area contributed by atoms with E-state index in [-0.39, 0.29) is 5.41 Å². The van der Waals surface area contributed by atoms with Gasteiger partial charge in [0.1, 0.15) is 0 Å². The number of nitrogens with one attached hydrogen (secondary N) is 1. The molecule has 0 amide bonds. The molecule has 1 unspecified atom stereocenters. The summed E-state index contributed by atoms with van der Waals surface area (Å²) in [6.07, 6.45) is 4.73. The van der Waals surface area contributed by atoms with Crippen molar-refractivity contribution >= 4 is 0 Å². The highest BCUT2D eigenvalue weighted by Gasteiger charge is 2.22. The van der Waals surface area contributed by atoms with E-state index in [1.807, 2.05) is 0 Å². The van der Waals surface area contributed by atoms with E-state index in [0.29, 0.717) is 18.7 Å². The Kier molecular flexibility index (Phi) is 6.61. The lowest BCUT2D eigenvalue weighted by Gasteiger charge is -2.28. The zero-order valence-electron chi connectivity index (χ0n) is 12.7. The number of rotatable bonds is 6. The first-order valence-corrected chi connectivity index (χ1v) is 7.53. The summed E-state index contributed by atoms with van der Waals surface area (Å²) in [5.74, 6) is 0. The van der Waals surface area contributed by atoms with Crippen molar-refractivity contribution in [3.8, 4) is 0 Å². The summed E-state index contributed by atoms with van der Waals surface area (Å²) in [5.41, 5.74) is 0.207. The van der Waals surface area contributed by atoms with E-state index in [1.165, 1.54) is 32.4 Å². The van der Waals surface area contributed by atoms with Crippen LogP contribution in [0, 0.1) is 5.41 Å². The number of aliphatic hydroxyl groups is 1. The second-order valence-corrected chi connectivity index (χ2v) is 6.78. The topological polar surface area (TPSA) is 35.5 Å². The molecule has 0 aromatic heterocycles. The van der Waals surface area contributed by atoms with Crippen LogP contribution in [0.4, 0.5) is 0 Å². The Labute approximate surface area is 113 Å². The average Bonchev–Trinajstić information content (AvgIpc) is 2.51. The molecule has 3 heteroatoms. The fourth-order valence-electron chi connectivity index (χ4n) is 2.65. The minimum atomic E-state index is 0.207. The predicted molar refractivity (Wildman–Crippen MR) is 77.8 cm³/mol. The second kappa shape index (κ2) is 7.46. The molecule has 0 bridgehead atoms. The van der Waals surface area contributed by atoms with Gasteiger partial charge in [-0.3, -0.25) is 0 Å². The smallest absolute Gasteiger partial charge is 0.0436 e. The van der Waals surface area contributed by atoms with Crippen LogP contribution in [0.5, 0.6) is 0 Å². The van der Waals surface area contributed by atoms with Crippen LogP contribution in [0.3, 0.4) is 0 Å². The van der Waals surface area contributed by atoms with Crippen LogP contribution in [-0.4, -0.2) is 48.3 Å². The molecule has 108 valence electrons. The molecule has 1 aliphatic rings. The molecule has 0 spiro atoms. The van der Waals surface area contributed by atoms with Crippen LogP contribution in [0.25, 0.3) is 0 Å². The van der Waals surface area contributed by atoms with Gasteiger partial charge in [-0.15, -0.1) is 0 Å². The van der Waals surface area contributed by atoms with Gasteiger partial charge in [-0.05, 0) is 58.0 Å². The van der Waals surface area contributed by atoms with Gasteiger partial charge in [0.05, 0.1) is 0 Å². The first kappa shape index (κ1) is 15.9. The van der Waals surface area contributed by atoms with Gasteiger partial charge in [-0.2, -0.15) is 0 Å². The lowest BCUT2D eigenvalue weighted by Crippen LogP contribution is -2.38. The Balaban J connectivity index is 2.31. The van der Waals surface area contributed by atoms with E-state index in [1.54, 1.807) is 0 Å². The summed E-state index contributed by atoms with van der Waals surface area (Å²) in [6.45, 7) is 12.8. The Morgan fingerprint density at radius 3 is 2.61 bits per heavy atom. The summed E-state index contributed by atoms with van der Waals surface area (Å²) in [4.78, 5) is 2.58. The van der Waals surface area contributed by atoms with Crippen LogP contribution in [-0.2, 0) is 0 Å². The van der Waals surface area contributed by atoms with Gasteiger partial charge in [0, 0.05) is 25.2 Å². The minimum absolute atomic E-state index is 0.207. The van der Waals surface area contributed by atoms with Gasteiger partial charge < -0.3 is 15.3 Å². The number of hydrogen-bond donors (Lipinski definition) is 2. The summed E-state index contributed by atoms with van der Waals surface area (Å²) in [5, 5.41) is 12.8. The molecule has 1 atom stereocenters. The number of likely N-dealkylation sites (tertiary alicyclic amines) is 1. The quantitative estimate of drug-likeness (QED) is 0.765. The molecule has 18 heavy (non-hydrogen) atoms. The van der Waals surface area contributed by atoms with E-state index in [9.17, 15) is 0 Å². The van der Waals surface area contributed by atoms with Gasteiger partial charge in [-0.1, -0.05) is 13.8 Å². The van der Waals surface area contributed by atoms with Crippen LogP contribution in [0.1, 0.15) is 53.4 Å². The van der Waals surface area contributed by atoms with Crippen molar-refractivity contribution in [2.45, 2.75) is 65.5 Å². The van der Waals surface area contributed by atoms with Gasteiger partial charge in [0.15, 0.2) is 0 Å². The zero-order chi connectivity index (χ0) is 13.6. The average molecular weight is 256 g/mol. The Hall–Kier alpha value is -0.120. The minimum Gasteiger partial charge on any atom is -0.396 e. The molecule has 1 rings (SSSR count). The molecular formula is C15H32N2O. The van der Waals surface area contributed by atoms with E-state index in [2.05, 4.69) is 37.9 Å². The lowest BCUT2D eigenvalue weighted by molar-refractivity contribution is 0.199. The van der Waals surface area contributed by atoms with Gasteiger partial charge in [-0.25, -0.2) is 0 Å². The van der Waals surface area contributed by atoms with Crippen molar-refractivity contribution in [3.05, 3.63) is 0 Å². The standard InChI is InChI=1S/C15H32N2O/c1-13(2)17-9-5-6-14(7-10-17)16-12-15(3,4)8-11-18/h13-14,16,18H,5-12H2,1-4H3. The number of aliphatic hydroxyl groups excluding tert-OH is 1. The normalized spacial score (nSPS) is 23.3. The van der Waals surface area contributed by atoms with Gasteiger partial charge in [0.25, 0.3) is 0 Å². The molecule has 0 aromatic carbocycles. The van der Waals surface area contributed by atoms with Crippen LogP contribution in [0.15, 0.2) is 0 Å². The summed E-state index contributed by atoms with van der Waals surface area (Å²) >= 11 is 0. The summed E-state index contributed by atoms with van der Waals surface area (Å²) in [6, 6.07) is 1.33. The first-order chi connectivity index (χ1) is 8.44. The molecule has 2 N–H and O–H groups in total. The maximum atomic E-state index is 9.05. The van der Waals surface area contributed by atoms with Crippen molar-refractivity contribution in [2.24, 2.45) is 5.41 Å². The highest BCUT2D eigenvalue weighted by Crippen LogP contribution is 2.20. The van der Waals surface area contributed by atoms with Crippen molar-refractivity contribution < 1.29 is 5.11 Å². The first-order valence-electron chi connectivity index (χ1n) is 7.53. The van der Waals surface area contributed by atoms with E-state index in [0.717, 1.165) is 13.0 Å². The highest BCUT2D eigenvalue weighted by atomic mass is 16.3. The molecule has 1 aliphatic heterocycles. The Bertz CT molecular complexity index is 229. The van der Waals surface area contributed by atoms with E-state index >= 15 is 0 Å². The molecule has 1 heterocycles. The second-order valence-electron chi connectivity index (χ2n) is 6.78. The van der Waals surface area contributed by atoms with E-state index in [4.69, 9.17) is 5.11 Å². The lowest BCUT2D eigenvalue weighted by atomic mass is 9.89. The third-order valence-corrected chi connectivity index (χ3v) is 4.15. The molecule has 3 nitrogen and oxygen atoms in total. The SMILES string of the molecule is CC(C)N1CCCC(NCC(C)(C)CCO)CC1. The third kappa shape index (κ3) is 5.68. The number of hydrogen-bond acceptors (Lipinski definition) is 3. The van der Waals surface area contributed by atoms with Gasteiger partial charge >= 0.3 is 0 Å². The molecule has 0 radical (unpaired) electrons. The van der Waals surface area contributed by atoms with E-state index < -0.39 is 0 Å². The maximum absolute atomic E-state index is 9.05. The van der Waals surface area contributed by atoms with Crippen LogP contribution in [0.2, 0.25) is 0 Å². The fraction of sp³-hybridized carbons (Fsp3) is 1.00. The van der Waals surface area contributed by atoms with Crippen molar-refractivity contribution in [1.29, 1.82) is 0 Å². The fourth-order valence-corrected chi connectivity index (χ4v) is 2.65. The van der Waals surface area contributed by atoms with Crippen LogP contribution < -0.4 is 5.32 Å². The summed E-state index contributed by atoms with van der Waals surface area (Å²) < 4.78 is 0. The van der Waals surface area contributed by atoms with Crippen molar-refractivity contribution in [1.82, 2.24) is 10.2 Å². The monoisotopic (exact) mass is 256 g/mol. The van der Waals surface area contributed by atoms with Crippen molar-refractivity contribution in [2.75, 3.05) is 26.2 Å². The predicted octanol–water partition coefficient (Wildman–Crippen LogP) is 2.25. The van der Waals surface area contributed by atoms with Crippen LogP contribution >= 0.6 is 0 Å². The molecule has 0 aliphatic carbocycles. The zero-order valence-corrected chi connectivity index (χ0v) is 12.7. The molecular weight excluding hydrogens is 224 g/mol. The van der Waals surface area contributed by atoms with Gasteiger partial charge in [0.2, 0.25) is 0 Å². The Morgan fingerprint density at radius 2 is 2.00 bits per heavy atom. The third-order valence-electron chi connectivity index (χ3n) is 4.15. The largest absolute Gasteiger partial charge is 0.396 e. The molecule has 1 fully saturated rings. The molecule has 1 saturated heterocycles. The molecule has 0 saturated carbocycles. The van der Waals surface area contributed by atoms with Crippen molar-refractivity contribution in [3.63, 3.8) is 0 Å². The number of nitrogens with zero attached hydrogens (tertiary/aromatic N) is 1. The highest BCUT2D eigenvalue weighted by molar-refractivity contribution is 4.79.